The summed E-state index contributed by atoms with van der Waals surface area (Å²) >= 11 is 11.4. The van der Waals surface area contributed by atoms with Gasteiger partial charge in [0.25, 0.3) is 5.79 Å². The van der Waals surface area contributed by atoms with Gasteiger partial charge in [0.2, 0.25) is 0 Å². The predicted octanol–water partition coefficient (Wildman–Crippen LogP) is 4.15. The molecule has 1 saturated heterocycles. The number of hydrogen-bond acceptors (Lipinski definition) is 2. The van der Waals surface area contributed by atoms with E-state index in [4.69, 9.17) is 32.7 Å². The first kappa shape index (κ1) is 13.9. The normalized spacial score (nSPS) is 19.8. The van der Waals surface area contributed by atoms with E-state index < -0.39 is 12.0 Å². The smallest absolute Gasteiger partial charge is 0.339 e. The molecule has 0 radical (unpaired) electrons. The van der Waals surface area contributed by atoms with Crippen molar-refractivity contribution >= 4 is 23.2 Å². The number of halogens is 5. The minimum Gasteiger partial charge on any atom is -0.339 e. The van der Waals surface area contributed by atoms with E-state index in [0.29, 0.717) is 6.42 Å². The molecular weight excluding hydrogens is 292 g/mol. The Morgan fingerprint density at radius 1 is 1.00 bits per heavy atom. The Labute approximate surface area is 112 Å². The number of rotatable bonds is 1. The standard InChI is InChI=1S/C11H9Cl2F3O2/c12-8-4-7(5-9(13)6-8)10(11(14,15)16)17-2-1-3-18-10/h4-6H,1-3H2. The summed E-state index contributed by atoms with van der Waals surface area (Å²) in [6.45, 7) is -0.0761. The highest BCUT2D eigenvalue weighted by atomic mass is 35.5. The molecule has 0 atom stereocenters. The van der Waals surface area contributed by atoms with E-state index in [1.54, 1.807) is 0 Å². The van der Waals surface area contributed by atoms with Gasteiger partial charge in [-0.1, -0.05) is 23.2 Å². The highest BCUT2D eigenvalue weighted by Crippen LogP contribution is 2.46. The van der Waals surface area contributed by atoms with Crippen molar-refractivity contribution in [1.29, 1.82) is 0 Å². The van der Waals surface area contributed by atoms with Crippen LogP contribution in [0.3, 0.4) is 0 Å². The van der Waals surface area contributed by atoms with Crippen molar-refractivity contribution in [1.82, 2.24) is 0 Å². The lowest BCUT2D eigenvalue weighted by Crippen LogP contribution is -2.50. The molecule has 1 heterocycles. The number of ether oxygens (including phenoxy) is 2. The summed E-state index contributed by atoms with van der Waals surface area (Å²) in [6, 6.07) is 3.64. The summed E-state index contributed by atoms with van der Waals surface area (Å²) in [6.07, 6.45) is -4.30. The maximum Gasteiger partial charge on any atom is 0.448 e. The first-order valence-electron chi connectivity index (χ1n) is 5.16. The molecule has 0 bridgehead atoms. The van der Waals surface area contributed by atoms with Gasteiger partial charge in [-0.3, -0.25) is 0 Å². The van der Waals surface area contributed by atoms with Gasteiger partial charge in [0.15, 0.2) is 0 Å². The molecule has 18 heavy (non-hydrogen) atoms. The Balaban J connectivity index is 2.52. The van der Waals surface area contributed by atoms with Crippen molar-refractivity contribution < 1.29 is 22.6 Å². The lowest BCUT2D eigenvalue weighted by Gasteiger charge is -2.38. The van der Waals surface area contributed by atoms with Crippen LogP contribution < -0.4 is 0 Å². The second-order valence-electron chi connectivity index (χ2n) is 3.82. The molecule has 0 aromatic heterocycles. The summed E-state index contributed by atoms with van der Waals surface area (Å²) in [5.41, 5.74) is -0.243. The lowest BCUT2D eigenvalue weighted by molar-refractivity contribution is -0.406. The highest BCUT2D eigenvalue weighted by molar-refractivity contribution is 6.34. The fourth-order valence-corrected chi connectivity index (χ4v) is 2.30. The molecule has 1 aliphatic rings. The first-order valence-corrected chi connectivity index (χ1v) is 5.92. The Hall–Kier alpha value is -0.490. The average Bonchev–Trinajstić information content (AvgIpc) is 2.27. The molecule has 0 aliphatic carbocycles. The molecule has 0 unspecified atom stereocenters. The Morgan fingerprint density at radius 2 is 1.50 bits per heavy atom. The van der Waals surface area contributed by atoms with Crippen molar-refractivity contribution in [2.75, 3.05) is 13.2 Å². The van der Waals surface area contributed by atoms with Crippen molar-refractivity contribution in [3.8, 4) is 0 Å². The minimum atomic E-state index is -4.71. The van der Waals surface area contributed by atoms with E-state index in [0.717, 1.165) is 12.1 Å². The molecule has 100 valence electrons. The van der Waals surface area contributed by atoms with E-state index in [1.807, 2.05) is 0 Å². The van der Waals surface area contributed by atoms with Crippen LogP contribution in [0, 0.1) is 0 Å². The largest absolute Gasteiger partial charge is 0.448 e. The van der Waals surface area contributed by atoms with Gasteiger partial charge >= 0.3 is 6.18 Å². The maximum absolute atomic E-state index is 13.2. The molecule has 0 saturated carbocycles. The summed E-state index contributed by atoms with van der Waals surface area (Å²) in [5, 5.41) is 0.192. The monoisotopic (exact) mass is 300 g/mol. The third kappa shape index (κ3) is 2.45. The van der Waals surface area contributed by atoms with Gasteiger partial charge in [-0.2, -0.15) is 13.2 Å². The topological polar surface area (TPSA) is 18.5 Å². The van der Waals surface area contributed by atoms with Crippen LogP contribution in [0.2, 0.25) is 10.0 Å². The molecule has 1 aromatic carbocycles. The fraction of sp³-hybridized carbons (Fsp3) is 0.455. The number of hydrogen-bond donors (Lipinski definition) is 0. The highest BCUT2D eigenvalue weighted by Gasteiger charge is 2.60. The van der Waals surface area contributed by atoms with Crippen LogP contribution >= 0.6 is 23.2 Å². The van der Waals surface area contributed by atoms with Crippen molar-refractivity contribution in [2.24, 2.45) is 0 Å². The van der Waals surface area contributed by atoms with Crippen molar-refractivity contribution in [3.63, 3.8) is 0 Å². The van der Waals surface area contributed by atoms with Crippen molar-refractivity contribution in [3.05, 3.63) is 33.8 Å². The van der Waals surface area contributed by atoms with Crippen LogP contribution in [0.15, 0.2) is 18.2 Å². The molecule has 0 N–H and O–H groups in total. The number of alkyl halides is 3. The van der Waals surface area contributed by atoms with Gasteiger partial charge in [-0.15, -0.1) is 0 Å². The molecule has 0 spiro atoms. The van der Waals surface area contributed by atoms with Crippen LogP contribution in [0.5, 0.6) is 0 Å². The van der Waals surface area contributed by atoms with Gasteiger partial charge < -0.3 is 9.47 Å². The Bertz CT molecular complexity index is 422. The van der Waals surface area contributed by atoms with Gasteiger partial charge in [-0.25, -0.2) is 0 Å². The van der Waals surface area contributed by atoms with Crippen molar-refractivity contribution in [2.45, 2.75) is 18.4 Å². The summed E-state index contributed by atoms with van der Waals surface area (Å²) < 4.78 is 49.4. The van der Waals surface area contributed by atoms with Gasteiger partial charge in [0, 0.05) is 15.6 Å². The zero-order chi connectivity index (χ0) is 13.4. The van der Waals surface area contributed by atoms with Crippen LogP contribution in [-0.2, 0) is 15.3 Å². The molecule has 2 rings (SSSR count). The van der Waals surface area contributed by atoms with Crippen LogP contribution in [-0.4, -0.2) is 19.4 Å². The summed E-state index contributed by atoms with van der Waals surface area (Å²) in [5.74, 6) is -2.78. The SMILES string of the molecule is FC(F)(F)C1(c2cc(Cl)cc(Cl)c2)OCCCO1. The molecule has 1 aliphatic heterocycles. The van der Waals surface area contributed by atoms with E-state index >= 15 is 0 Å². The second kappa shape index (κ2) is 4.89. The van der Waals surface area contributed by atoms with Gasteiger partial charge in [0.1, 0.15) is 0 Å². The van der Waals surface area contributed by atoms with Gasteiger partial charge in [-0.05, 0) is 24.6 Å². The summed E-state index contributed by atoms with van der Waals surface area (Å²) in [7, 11) is 0. The van der Waals surface area contributed by atoms with Gasteiger partial charge in [0.05, 0.1) is 13.2 Å². The molecule has 0 amide bonds. The number of benzene rings is 1. The maximum atomic E-state index is 13.2. The van der Waals surface area contributed by atoms with E-state index in [2.05, 4.69) is 0 Å². The average molecular weight is 301 g/mol. The first-order chi connectivity index (χ1) is 8.35. The molecule has 1 aromatic rings. The van der Waals surface area contributed by atoms with E-state index in [9.17, 15) is 13.2 Å². The third-order valence-electron chi connectivity index (χ3n) is 2.52. The molecule has 1 fully saturated rings. The zero-order valence-electron chi connectivity index (χ0n) is 9.06. The van der Waals surface area contributed by atoms with Crippen LogP contribution in [0.4, 0.5) is 13.2 Å². The third-order valence-corrected chi connectivity index (χ3v) is 2.95. The van der Waals surface area contributed by atoms with E-state index in [1.165, 1.54) is 6.07 Å². The summed E-state index contributed by atoms with van der Waals surface area (Å²) in [4.78, 5) is 0. The fourth-order valence-electron chi connectivity index (χ4n) is 1.77. The Morgan fingerprint density at radius 3 is 1.94 bits per heavy atom. The molecule has 7 heteroatoms. The quantitative estimate of drug-likeness (QED) is 0.776. The molecule has 2 nitrogen and oxygen atoms in total. The minimum absolute atomic E-state index is 0.0381. The predicted molar refractivity (Wildman–Crippen MR) is 60.7 cm³/mol. The second-order valence-corrected chi connectivity index (χ2v) is 4.70. The zero-order valence-corrected chi connectivity index (χ0v) is 10.6. The Kier molecular flexibility index (Phi) is 3.78. The molecular formula is C11H9Cl2F3O2. The van der Waals surface area contributed by atoms with Crippen LogP contribution in [0.1, 0.15) is 12.0 Å². The van der Waals surface area contributed by atoms with E-state index in [-0.39, 0.29) is 28.8 Å². The lowest BCUT2D eigenvalue weighted by atomic mass is 10.0. The van der Waals surface area contributed by atoms with Crippen LogP contribution in [0.25, 0.3) is 0 Å².